The second-order valence-electron chi connectivity index (χ2n) is 5.31. The highest BCUT2D eigenvalue weighted by Crippen LogP contribution is 2.01. The summed E-state index contributed by atoms with van der Waals surface area (Å²) in [4.78, 5) is 27.0. The first-order valence-electron chi connectivity index (χ1n) is 8.08. The van der Waals surface area contributed by atoms with Gasteiger partial charge in [-0.05, 0) is 17.7 Å². The van der Waals surface area contributed by atoms with Crippen molar-refractivity contribution in [2.24, 2.45) is 0 Å². The lowest BCUT2D eigenvalue weighted by Crippen LogP contribution is -2.44. The van der Waals surface area contributed by atoms with E-state index in [2.05, 4.69) is 15.6 Å². The number of carboxylic acid groups (broad SMARTS) is 1. The standard InChI is InChI=1S/C18H21N3O5/c22-17(23)15(13-25-12-14-6-2-1-3-7-14)21-18(24)26-11-10-20-16-8-4-5-9-19-16/h1-9,15H,10-13H2,(H,19,20)(H,21,24)(H,22,23). The molecule has 1 aromatic carbocycles. The van der Waals surface area contributed by atoms with Crippen LogP contribution in [0.3, 0.4) is 0 Å². The van der Waals surface area contributed by atoms with Crippen molar-refractivity contribution in [3.05, 3.63) is 60.3 Å². The predicted molar refractivity (Wildman–Crippen MR) is 94.7 cm³/mol. The topological polar surface area (TPSA) is 110 Å². The van der Waals surface area contributed by atoms with E-state index in [9.17, 15) is 9.59 Å². The smallest absolute Gasteiger partial charge is 0.407 e. The van der Waals surface area contributed by atoms with E-state index < -0.39 is 18.1 Å². The summed E-state index contributed by atoms with van der Waals surface area (Å²) in [5.41, 5.74) is 0.916. The number of carbonyl (C=O) groups is 2. The third-order valence-corrected chi connectivity index (χ3v) is 3.29. The van der Waals surface area contributed by atoms with Gasteiger partial charge >= 0.3 is 12.1 Å². The van der Waals surface area contributed by atoms with Crippen LogP contribution in [0.1, 0.15) is 5.56 Å². The molecular formula is C18H21N3O5. The van der Waals surface area contributed by atoms with Crippen molar-refractivity contribution in [1.29, 1.82) is 0 Å². The Morgan fingerprint density at radius 3 is 2.58 bits per heavy atom. The average Bonchev–Trinajstić information content (AvgIpc) is 2.66. The van der Waals surface area contributed by atoms with Crippen LogP contribution in [0.2, 0.25) is 0 Å². The van der Waals surface area contributed by atoms with E-state index in [1.165, 1.54) is 0 Å². The van der Waals surface area contributed by atoms with Crippen molar-refractivity contribution in [3.63, 3.8) is 0 Å². The van der Waals surface area contributed by atoms with Crippen LogP contribution in [0.15, 0.2) is 54.7 Å². The Kier molecular flexibility index (Phi) is 7.88. The third-order valence-electron chi connectivity index (χ3n) is 3.29. The number of hydrogen-bond donors (Lipinski definition) is 3. The second-order valence-corrected chi connectivity index (χ2v) is 5.31. The summed E-state index contributed by atoms with van der Waals surface area (Å²) in [6.45, 7) is 0.521. The minimum Gasteiger partial charge on any atom is -0.480 e. The molecule has 0 spiro atoms. The lowest BCUT2D eigenvalue weighted by molar-refractivity contribution is -0.141. The molecule has 0 fully saturated rings. The van der Waals surface area contributed by atoms with Gasteiger partial charge in [-0.15, -0.1) is 0 Å². The average molecular weight is 359 g/mol. The molecule has 1 heterocycles. The Labute approximate surface area is 151 Å². The van der Waals surface area contributed by atoms with Gasteiger partial charge in [0.2, 0.25) is 0 Å². The number of nitrogens with one attached hydrogen (secondary N) is 2. The second kappa shape index (κ2) is 10.7. The first-order valence-corrected chi connectivity index (χ1v) is 8.08. The number of carboxylic acids is 1. The van der Waals surface area contributed by atoms with Gasteiger partial charge in [0.25, 0.3) is 0 Å². The van der Waals surface area contributed by atoms with E-state index in [0.29, 0.717) is 12.4 Å². The molecule has 8 heteroatoms. The van der Waals surface area contributed by atoms with E-state index in [1.54, 1.807) is 18.3 Å². The maximum atomic E-state index is 11.7. The number of benzene rings is 1. The molecule has 2 rings (SSSR count). The van der Waals surface area contributed by atoms with Crippen molar-refractivity contribution in [3.8, 4) is 0 Å². The molecule has 0 aliphatic carbocycles. The first-order chi connectivity index (χ1) is 12.6. The number of nitrogens with zero attached hydrogens (tertiary/aromatic N) is 1. The van der Waals surface area contributed by atoms with Crippen molar-refractivity contribution in [2.45, 2.75) is 12.6 Å². The number of carbonyl (C=O) groups excluding carboxylic acids is 1. The van der Waals surface area contributed by atoms with Gasteiger partial charge in [-0.2, -0.15) is 0 Å². The fourth-order valence-corrected chi connectivity index (χ4v) is 2.02. The van der Waals surface area contributed by atoms with Crippen LogP contribution in [-0.2, 0) is 20.9 Å². The molecule has 0 saturated carbocycles. The number of ether oxygens (including phenoxy) is 2. The number of anilines is 1. The monoisotopic (exact) mass is 359 g/mol. The number of rotatable bonds is 10. The summed E-state index contributed by atoms with van der Waals surface area (Å²) in [5.74, 6) is -0.532. The first kappa shape index (κ1) is 19.2. The molecule has 3 N–H and O–H groups in total. The highest BCUT2D eigenvalue weighted by Gasteiger charge is 2.20. The lowest BCUT2D eigenvalue weighted by Gasteiger charge is -2.15. The van der Waals surface area contributed by atoms with Crippen LogP contribution in [0.4, 0.5) is 10.6 Å². The molecule has 1 aromatic heterocycles. The highest BCUT2D eigenvalue weighted by atomic mass is 16.5. The maximum Gasteiger partial charge on any atom is 0.407 e. The molecule has 26 heavy (non-hydrogen) atoms. The van der Waals surface area contributed by atoms with Crippen LogP contribution >= 0.6 is 0 Å². The van der Waals surface area contributed by atoms with Crippen LogP contribution < -0.4 is 10.6 Å². The highest BCUT2D eigenvalue weighted by molar-refractivity contribution is 5.80. The van der Waals surface area contributed by atoms with Gasteiger partial charge in [0, 0.05) is 6.20 Å². The third kappa shape index (κ3) is 7.18. The van der Waals surface area contributed by atoms with Gasteiger partial charge in [0.15, 0.2) is 6.04 Å². The molecule has 1 unspecified atom stereocenters. The predicted octanol–water partition coefficient (Wildman–Crippen LogP) is 1.89. The van der Waals surface area contributed by atoms with Gasteiger partial charge < -0.3 is 25.2 Å². The van der Waals surface area contributed by atoms with Gasteiger partial charge in [-0.25, -0.2) is 14.6 Å². The summed E-state index contributed by atoms with van der Waals surface area (Å²) >= 11 is 0. The molecule has 0 bridgehead atoms. The van der Waals surface area contributed by atoms with Crippen LogP contribution in [0, 0.1) is 0 Å². The molecule has 0 aliphatic heterocycles. The minimum atomic E-state index is -1.19. The Morgan fingerprint density at radius 1 is 1.12 bits per heavy atom. The molecule has 2 aromatic rings. The number of alkyl carbamates (subject to hydrolysis) is 1. The summed E-state index contributed by atoms with van der Waals surface area (Å²) in [5, 5.41) is 14.4. The minimum absolute atomic E-state index is 0.0691. The van der Waals surface area contributed by atoms with Crippen molar-refractivity contribution in [2.75, 3.05) is 25.1 Å². The van der Waals surface area contributed by atoms with Crippen molar-refractivity contribution in [1.82, 2.24) is 10.3 Å². The molecule has 0 aliphatic rings. The lowest BCUT2D eigenvalue weighted by atomic mass is 10.2. The molecule has 0 saturated heterocycles. The molecule has 1 atom stereocenters. The number of pyridine rings is 1. The van der Waals surface area contributed by atoms with Gasteiger partial charge in [-0.1, -0.05) is 36.4 Å². The molecular weight excluding hydrogens is 338 g/mol. The quantitative estimate of drug-likeness (QED) is 0.556. The maximum absolute atomic E-state index is 11.7. The van der Waals surface area contributed by atoms with Gasteiger partial charge in [0.1, 0.15) is 12.4 Å². The van der Waals surface area contributed by atoms with Crippen molar-refractivity contribution >= 4 is 17.9 Å². The van der Waals surface area contributed by atoms with Crippen molar-refractivity contribution < 1.29 is 24.2 Å². The van der Waals surface area contributed by atoms with E-state index in [1.807, 2.05) is 36.4 Å². The zero-order valence-corrected chi connectivity index (χ0v) is 14.1. The number of hydrogen-bond acceptors (Lipinski definition) is 6. The van der Waals surface area contributed by atoms with Crippen LogP contribution in [0.5, 0.6) is 0 Å². The van der Waals surface area contributed by atoms with E-state index in [-0.39, 0.29) is 19.8 Å². The Morgan fingerprint density at radius 2 is 1.88 bits per heavy atom. The zero-order valence-electron chi connectivity index (χ0n) is 14.1. The summed E-state index contributed by atoms with van der Waals surface area (Å²) in [6.07, 6.45) is 0.825. The fraction of sp³-hybridized carbons (Fsp3) is 0.278. The van der Waals surface area contributed by atoms with Gasteiger partial charge in [-0.3, -0.25) is 0 Å². The molecule has 8 nitrogen and oxygen atoms in total. The summed E-state index contributed by atoms with van der Waals surface area (Å²) in [6, 6.07) is 13.6. The normalized spacial score (nSPS) is 11.4. The SMILES string of the molecule is O=C(NC(COCc1ccccc1)C(=O)O)OCCNc1ccccn1. The fourth-order valence-electron chi connectivity index (χ4n) is 2.02. The Hall–Kier alpha value is -3.13. The van der Waals surface area contributed by atoms with Crippen LogP contribution in [0.25, 0.3) is 0 Å². The Balaban J connectivity index is 1.65. The molecule has 1 amide bonds. The van der Waals surface area contributed by atoms with Crippen LogP contribution in [-0.4, -0.2) is 48.0 Å². The van der Waals surface area contributed by atoms with Gasteiger partial charge in [0.05, 0.1) is 19.8 Å². The van der Waals surface area contributed by atoms with E-state index >= 15 is 0 Å². The summed E-state index contributed by atoms with van der Waals surface area (Å²) in [7, 11) is 0. The van der Waals surface area contributed by atoms with E-state index in [0.717, 1.165) is 5.56 Å². The number of aromatic nitrogens is 1. The number of aliphatic carboxylic acids is 1. The van der Waals surface area contributed by atoms with E-state index in [4.69, 9.17) is 14.6 Å². The zero-order chi connectivity index (χ0) is 18.6. The largest absolute Gasteiger partial charge is 0.480 e. The molecule has 0 radical (unpaired) electrons. The Bertz CT molecular complexity index is 682. The summed E-state index contributed by atoms with van der Waals surface area (Å²) < 4.78 is 10.3. The number of amides is 1. The molecule has 138 valence electrons.